The third-order valence-electron chi connectivity index (χ3n) is 4.51. The summed E-state index contributed by atoms with van der Waals surface area (Å²) in [5.74, 6) is 0. The lowest BCUT2D eigenvalue weighted by atomic mass is 9.96. The molecule has 0 aliphatic carbocycles. The van der Waals surface area contributed by atoms with E-state index in [0.29, 0.717) is 0 Å². The molecule has 0 spiro atoms. The number of piperazine rings is 1. The summed E-state index contributed by atoms with van der Waals surface area (Å²) in [6.07, 6.45) is 2.00. The summed E-state index contributed by atoms with van der Waals surface area (Å²) in [5, 5.41) is 0. The van der Waals surface area contributed by atoms with Crippen LogP contribution in [-0.4, -0.2) is 42.5 Å². The van der Waals surface area contributed by atoms with Crippen molar-refractivity contribution in [1.29, 1.82) is 0 Å². The van der Waals surface area contributed by atoms with Gasteiger partial charge in [-0.25, -0.2) is 0 Å². The molecule has 3 rings (SSSR count). The van der Waals surface area contributed by atoms with Crippen LogP contribution in [-0.2, 0) is 3.55 Å². The predicted octanol–water partition coefficient (Wildman–Crippen LogP) is 4.97. The van der Waals surface area contributed by atoms with E-state index in [1.165, 1.54) is 11.1 Å². The number of halogens is 3. The fourth-order valence-corrected chi connectivity index (χ4v) is 4.47. The molecular formula is C20H25Cl2IN2. The normalized spacial score (nSPS) is 15.7. The summed E-state index contributed by atoms with van der Waals surface area (Å²) in [7, 11) is 0. The van der Waals surface area contributed by atoms with Crippen molar-refractivity contribution in [2.24, 2.45) is 0 Å². The molecule has 2 aromatic rings. The molecule has 0 aromatic heterocycles. The van der Waals surface area contributed by atoms with Gasteiger partial charge in [0.1, 0.15) is 3.55 Å². The molecular weight excluding hydrogens is 466 g/mol. The van der Waals surface area contributed by atoms with Crippen molar-refractivity contribution in [2.75, 3.05) is 32.7 Å². The highest BCUT2D eigenvalue weighted by Crippen LogP contribution is 2.42. The van der Waals surface area contributed by atoms with Crippen LogP contribution in [0.2, 0.25) is 0 Å². The second-order valence-electron chi connectivity index (χ2n) is 5.93. The molecule has 0 unspecified atom stereocenters. The van der Waals surface area contributed by atoms with E-state index in [1.807, 2.05) is 6.08 Å². The number of benzene rings is 2. The minimum Gasteiger partial charge on any atom is -0.297 e. The molecule has 5 heteroatoms. The Bertz CT molecular complexity index is 589. The minimum absolute atomic E-state index is 0. The Hall–Kier alpha value is -0.590. The lowest BCUT2D eigenvalue weighted by molar-refractivity contribution is 0.110. The zero-order chi connectivity index (χ0) is 16.1. The molecule has 1 fully saturated rings. The minimum atomic E-state index is -0.111. The highest BCUT2D eigenvalue weighted by atomic mass is 127. The van der Waals surface area contributed by atoms with E-state index < -0.39 is 0 Å². The lowest BCUT2D eigenvalue weighted by Gasteiger charge is -2.45. The van der Waals surface area contributed by atoms with E-state index in [4.69, 9.17) is 0 Å². The Morgan fingerprint density at radius 1 is 0.840 bits per heavy atom. The van der Waals surface area contributed by atoms with Gasteiger partial charge in [0, 0.05) is 32.7 Å². The molecule has 0 saturated carbocycles. The van der Waals surface area contributed by atoms with Crippen molar-refractivity contribution in [3.05, 3.63) is 84.4 Å². The molecule has 1 heterocycles. The second-order valence-corrected chi connectivity index (χ2v) is 7.49. The van der Waals surface area contributed by atoms with E-state index in [2.05, 4.69) is 99.6 Å². The molecule has 2 aromatic carbocycles. The molecule has 0 bridgehead atoms. The smallest absolute Gasteiger partial charge is 0.124 e. The quantitative estimate of drug-likeness (QED) is 0.252. The topological polar surface area (TPSA) is 6.48 Å². The van der Waals surface area contributed by atoms with Crippen molar-refractivity contribution in [1.82, 2.24) is 9.80 Å². The standard InChI is InChI=1S/C20H23IN2.2ClH/c1-2-13-22-14-16-23(17-15-22)20(21,18-9-5-3-6-10-18)19-11-7-4-8-12-19;;/h2-12H,1,13-17H2;2*1H. The molecule has 0 N–H and O–H groups in total. The van der Waals surface area contributed by atoms with Crippen molar-refractivity contribution in [2.45, 2.75) is 3.55 Å². The van der Waals surface area contributed by atoms with Gasteiger partial charge < -0.3 is 0 Å². The molecule has 1 saturated heterocycles. The zero-order valence-electron chi connectivity index (χ0n) is 14.2. The maximum atomic E-state index is 3.86. The van der Waals surface area contributed by atoms with Gasteiger partial charge in [0.05, 0.1) is 0 Å². The van der Waals surface area contributed by atoms with Gasteiger partial charge >= 0.3 is 0 Å². The number of hydrogen-bond acceptors (Lipinski definition) is 2. The van der Waals surface area contributed by atoms with Gasteiger partial charge in [0.15, 0.2) is 0 Å². The van der Waals surface area contributed by atoms with Gasteiger partial charge in [0.25, 0.3) is 0 Å². The molecule has 2 nitrogen and oxygen atoms in total. The Balaban J connectivity index is 0.00000156. The number of hydrogen-bond donors (Lipinski definition) is 0. The van der Waals surface area contributed by atoms with Crippen LogP contribution in [0.1, 0.15) is 11.1 Å². The van der Waals surface area contributed by atoms with Crippen molar-refractivity contribution < 1.29 is 0 Å². The van der Waals surface area contributed by atoms with Gasteiger partial charge in [-0.05, 0) is 11.1 Å². The molecule has 1 aliphatic heterocycles. The summed E-state index contributed by atoms with van der Waals surface area (Å²) >= 11 is 2.64. The third-order valence-corrected chi connectivity index (χ3v) is 6.44. The SMILES string of the molecule is C=CCN1CCN(C(I)(c2ccccc2)c2ccccc2)CC1.Cl.Cl. The maximum absolute atomic E-state index is 3.86. The van der Waals surface area contributed by atoms with Gasteiger partial charge in [-0.1, -0.05) is 89.3 Å². The van der Waals surface area contributed by atoms with Gasteiger partial charge in [0.2, 0.25) is 0 Å². The van der Waals surface area contributed by atoms with Crippen LogP contribution in [0.4, 0.5) is 0 Å². The summed E-state index contributed by atoms with van der Waals surface area (Å²) in [4.78, 5) is 5.08. The fraction of sp³-hybridized carbons (Fsp3) is 0.300. The van der Waals surface area contributed by atoms with E-state index in [9.17, 15) is 0 Å². The van der Waals surface area contributed by atoms with E-state index in [-0.39, 0.29) is 28.4 Å². The van der Waals surface area contributed by atoms with E-state index in [0.717, 1.165) is 32.7 Å². The number of nitrogens with zero attached hydrogens (tertiary/aromatic N) is 2. The van der Waals surface area contributed by atoms with Crippen LogP contribution in [0.5, 0.6) is 0 Å². The van der Waals surface area contributed by atoms with Crippen LogP contribution in [0.3, 0.4) is 0 Å². The zero-order valence-corrected chi connectivity index (χ0v) is 18.0. The lowest BCUT2D eigenvalue weighted by Crippen LogP contribution is -2.53. The van der Waals surface area contributed by atoms with Crippen molar-refractivity contribution in [3.63, 3.8) is 0 Å². The highest BCUT2D eigenvalue weighted by Gasteiger charge is 2.38. The van der Waals surface area contributed by atoms with Crippen LogP contribution in [0.25, 0.3) is 0 Å². The number of rotatable bonds is 5. The van der Waals surface area contributed by atoms with Crippen LogP contribution in [0, 0.1) is 0 Å². The van der Waals surface area contributed by atoms with Crippen LogP contribution < -0.4 is 0 Å². The average molecular weight is 491 g/mol. The summed E-state index contributed by atoms with van der Waals surface area (Å²) in [6.45, 7) is 9.17. The number of alkyl halides is 1. The van der Waals surface area contributed by atoms with Gasteiger partial charge in [-0.3, -0.25) is 9.80 Å². The first-order valence-electron chi connectivity index (χ1n) is 8.13. The van der Waals surface area contributed by atoms with Gasteiger partial charge in [-0.15, -0.1) is 31.4 Å². The summed E-state index contributed by atoms with van der Waals surface area (Å²) < 4.78 is -0.111. The Labute approximate surface area is 177 Å². The van der Waals surface area contributed by atoms with Gasteiger partial charge in [-0.2, -0.15) is 0 Å². The van der Waals surface area contributed by atoms with Crippen molar-refractivity contribution in [3.8, 4) is 0 Å². The van der Waals surface area contributed by atoms with Crippen LogP contribution >= 0.6 is 47.4 Å². The molecule has 25 heavy (non-hydrogen) atoms. The highest BCUT2D eigenvalue weighted by molar-refractivity contribution is 14.1. The van der Waals surface area contributed by atoms with E-state index >= 15 is 0 Å². The molecule has 1 aliphatic rings. The average Bonchev–Trinajstić information content (AvgIpc) is 2.63. The molecule has 0 atom stereocenters. The third kappa shape index (κ3) is 4.98. The predicted molar refractivity (Wildman–Crippen MR) is 120 cm³/mol. The molecule has 0 radical (unpaired) electrons. The molecule has 0 amide bonds. The first kappa shape index (κ1) is 22.5. The van der Waals surface area contributed by atoms with Crippen molar-refractivity contribution >= 4 is 47.4 Å². The van der Waals surface area contributed by atoms with Crippen LogP contribution in [0.15, 0.2) is 73.3 Å². The monoisotopic (exact) mass is 490 g/mol. The Morgan fingerprint density at radius 2 is 1.28 bits per heavy atom. The Morgan fingerprint density at radius 3 is 1.68 bits per heavy atom. The summed E-state index contributed by atoms with van der Waals surface area (Å²) in [6, 6.07) is 21.7. The Kier molecular flexibility index (Phi) is 9.46. The molecule has 136 valence electrons. The first-order chi connectivity index (χ1) is 11.2. The fourth-order valence-electron chi connectivity index (χ4n) is 3.27. The second kappa shape index (κ2) is 10.5. The largest absolute Gasteiger partial charge is 0.297 e. The summed E-state index contributed by atoms with van der Waals surface area (Å²) in [5.41, 5.74) is 2.70. The maximum Gasteiger partial charge on any atom is 0.124 e. The first-order valence-corrected chi connectivity index (χ1v) is 9.21. The van der Waals surface area contributed by atoms with E-state index in [1.54, 1.807) is 0 Å².